The van der Waals surface area contributed by atoms with Crippen LogP contribution in [0.3, 0.4) is 0 Å². The number of amides is 1. The predicted molar refractivity (Wildman–Crippen MR) is 93.4 cm³/mol. The molecule has 0 bridgehead atoms. The van der Waals surface area contributed by atoms with Gasteiger partial charge in [0.05, 0.1) is 25.8 Å². The Morgan fingerprint density at radius 2 is 2.05 bits per heavy atom. The minimum absolute atomic E-state index is 0.263. The second kappa shape index (κ2) is 6.24. The van der Waals surface area contributed by atoms with Crippen LogP contribution in [-0.4, -0.2) is 10.9 Å². The number of nitrogens with one attached hydrogen (secondary N) is 1. The van der Waals surface area contributed by atoms with E-state index in [1.807, 2.05) is 18.2 Å². The Hall–Kier alpha value is -1.62. The lowest BCUT2D eigenvalue weighted by Crippen LogP contribution is -2.12. The zero-order valence-corrected chi connectivity index (χ0v) is 14.0. The number of aromatic nitrogens is 1. The first kappa shape index (κ1) is 15.3. The Kier molecular flexibility index (Phi) is 4.34. The van der Waals surface area contributed by atoms with Crippen molar-refractivity contribution in [1.82, 2.24) is 4.98 Å². The number of halogens is 2. The average Bonchev–Trinajstić information content (AvgIpc) is 2.89. The van der Waals surface area contributed by atoms with E-state index in [0.29, 0.717) is 15.6 Å². The number of rotatable bonds is 3. The van der Waals surface area contributed by atoms with Crippen molar-refractivity contribution in [3.8, 4) is 0 Å². The van der Waals surface area contributed by atoms with Crippen LogP contribution in [0, 0.1) is 0 Å². The highest BCUT2D eigenvalue weighted by Crippen LogP contribution is 2.27. The summed E-state index contributed by atoms with van der Waals surface area (Å²) in [5.41, 5.74) is 2.06. The molecule has 3 aromatic rings. The number of hydrogen-bond acceptors (Lipinski definition) is 3. The van der Waals surface area contributed by atoms with Crippen LogP contribution in [0.4, 0.5) is 5.69 Å². The molecule has 1 N–H and O–H groups in total. The van der Waals surface area contributed by atoms with Crippen LogP contribution in [0.1, 0.15) is 22.3 Å². The van der Waals surface area contributed by atoms with Crippen LogP contribution in [0.2, 0.25) is 10.0 Å². The molecule has 0 saturated carbocycles. The average molecular weight is 351 g/mol. The summed E-state index contributed by atoms with van der Waals surface area (Å²) in [6.45, 7) is 2.07. The van der Waals surface area contributed by atoms with Crippen molar-refractivity contribution in [3.05, 3.63) is 57.0 Å². The normalized spacial score (nSPS) is 10.9. The van der Waals surface area contributed by atoms with E-state index in [1.165, 1.54) is 0 Å². The summed E-state index contributed by atoms with van der Waals surface area (Å²) in [6.07, 6.45) is 0.904. The third kappa shape index (κ3) is 3.09. The Labute approximate surface area is 141 Å². The SMILES string of the molecule is CCc1nc2ccc(NC(=O)c3ccc(Cl)cc3Cl)cc2s1. The standard InChI is InChI=1S/C16H12Cl2N2OS/c1-2-15-20-13-6-4-10(8-14(13)22-15)19-16(21)11-5-3-9(17)7-12(11)18/h3-8H,2H2,1H3,(H,19,21). The molecule has 112 valence electrons. The maximum Gasteiger partial charge on any atom is 0.257 e. The smallest absolute Gasteiger partial charge is 0.257 e. The van der Waals surface area contributed by atoms with Gasteiger partial charge in [0.1, 0.15) is 0 Å². The van der Waals surface area contributed by atoms with E-state index in [4.69, 9.17) is 23.2 Å². The Bertz CT molecular complexity index is 860. The molecular formula is C16H12Cl2N2OS. The molecule has 22 heavy (non-hydrogen) atoms. The molecule has 0 aliphatic rings. The van der Waals surface area contributed by atoms with Crippen LogP contribution in [0.5, 0.6) is 0 Å². The topological polar surface area (TPSA) is 42.0 Å². The number of carbonyl (C=O) groups excluding carboxylic acids is 1. The summed E-state index contributed by atoms with van der Waals surface area (Å²) in [7, 11) is 0. The van der Waals surface area contributed by atoms with Gasteiger partial charge >= 0.3 is 0 Å². The molecule has 1 heterocycles. The highest BCUT2D eigenvalue weighted by atomic mass is 35.5. The first-order valence-electron chi connectivity index (χ1n) is 6.72. The molecule has 0 fully saturated rings. The number of thiazole rings is 1. The third-order valence-corrected chi connectivity index (χ3v) is 4.88. The van der Waals surface area contributed by atoms with Gasteiger partial charge in [-0.05, 0) is 42.8 Å². The first-order valence-corrected chi connectivity index (χ1v) is 8.30. The predicted octanol–water partition coefficient (Wildman–Crippen LogP) is 5.42. The molecule has 1 aromatic heterocycles. The van der Waals surface area contributed by atoms with E-state index >= 15 is 0 Å². The van der Waals surface area contributed by atoms with Gasteiger partial charge in [0, 0.05) is 10.7 Å². The third-order valence-electron chi connectivity index (χ3n) is 3.17. The Balaban J connectivity index is 1.87. The van der Waals surface area contributed by atoms with Gasteiger partial charge in [0.2, 0.25) is 0 Å². The molecule has 1 amide bonds. The van der Waals surface area contributed by atoms with Crippen molar-refractivity contribution in [2.75, 3.05) is 5.32 Å². The van der Waals surface area contributed by atoms with Crippen LogP contribution in [-0.2, 0) is 6.42 Å². The lowest BCUT2D eigenvalue weighted by molar-refractivity contribution is 0.102. The van der Waals surface area contributed by atoms with Crippen LogP contribution in [0.15, 0.2) is 36.4 Å². The fourth-order valence-electron chi connectivity index (χ4n) is 2.07. The first-order chi connectivity index (χ1) is 10.6. The van der Waals surface area contributed by atoms with Crippen molar-refractivity contribution in [2.45, 2.75) is 13.3 Å². The van der Waals surface area contributed by atoms with Crippen molar-refractivity contribution in [2.24, 2.45) is 0 Å². The maximum atomic E-state index is 12.3. The number of nitrogens with zero attached hydrogens (tertiary/aromatic N) is 1. The van der Waals surface area contributed by atoms with Gasteiger partial charge in [-0.15, -0.1) is 11.3 Å². The molecule has 0 saturated heterocycles. The Morgan fingerprint density at radius 1 is 1.23 bits per heavy atom. The van der Waals surface area contributed by atoms with Gasteiger partial charge in [-0.3, -0.25) is 4.79 Å². The fraction of sp³-hybridized carbons (Fsp3) is 0.125. The second-order valence-corrected chi connectivity index (χ2v) is 6.68. The van der Waals surface area contributed by atoms with Crippen molar-refractivity contribution < 1.29 is 4.79 Å². The molecule has 0 atom stereocenters. The molecule has 0 aliphatic heterocycles. The van der Waals surface area contributed by atoms with E-state index in [2.05, 4.69) is 17.2 Å². The van der Waals surface area contributed by atoms with E-state index in [9.17, 15) is 4.79 Å². The van der Waals surface area contributed by atoms with E-state index in [1.54, 1.807) is 29.5 Å². The summed E-state index contributed by atoms with van der Waals surface area (Å²) < 4.78 is 1.05. The van der Waals surface area contributed by atoms with E-state index < -0.39 is 0 Å². The molecule has 3 rings (SSSR count). The molecule has 0 aliphatic carbocycles. The molecule has 2 aromatic carbocycles. The number of benzene rings is 2. The summed E-state index contributed by atoms with van der Waals surface area (Å²) in [5, 5.41) is 4.76. The number of carbonyl (C=O) groups is 1. The van der Waals surface area contributed by atoms with E-state index in [-0.39, 0.29) is 5.91 Å². The molecule has 3 nitrogen and oxygen atoms in total. The van der Waals surface area contributed by atoms with Crippen molar-refractivity contribution >= 4 is 56.3 Å². The summed E-state index contributed by atoms with van der Waals surface area (Å²) >= 11 is 13.5. The molecular weight excluding hydrogens is 339 g/mol. The van der Waals surface area contributed by atoms with Gasteiger partial charge in [-0.1, -0.05) is 30.1 Å². The number of anilines is 1. The van der Waals surface area contributed by atoms with Crippen LogP contribution in [0.25, 0.3) is 10.2 Å². The van der Waals surface area contributed by atoms with Gasteiger partial charge in [-0.25, -0.2) is 4.98 Å². The highest BCUT2D eigenvalue weighted by Gasteiger charge is 2.12. The molecule has 0 radical (unpaired) electrons. The van der Waals surface area contributed by atoms with E-state index in [0.717, 1.165) is 27.3 Å². The van der Waals surface area contributed by atoms with Crippen LogP contribution < -0.4 is 5.32 Å². The largest absolute Gasteiger partial charge is 0.322 e. The molecule has 0 unspecified atom stereocenters. The lowest BCUT2D eigenvalue weighted by atomic mass is 10.2. The lowest BCUT2D eigenvalue weighted by Gasteiger charge is -2.07. The second-order valence-electron chi connectivity index (χ2n) is 4.72. The number of aryl methyl sites for hydroxylation is 1. The van der Waals surface area contributed by atoms with Crippen molar-refractivity contribution in [3.63, 3.8) is 0 Å². The Morgan fingerprint density at radius 3 is 2.77 bits per heavy atom. The quantitative estimate of drug-likeness (QED) is 0.685. The fourth-order valence-corrected chi connectivity index (χ4v) is 3.51. The summed E-state index contributed by atoms with van der Waals surface area (Å²) in [5.74, 6) is -0.263. The summed E-state index contributed by atoms with van der Waals surface area (Å²) in [6, 6.07) is 10.5. The van der Waals surface area contributed by atoms with Gasteiger partial charge in [-0.2, -0.15) is 0 Å². The zero-order valence-electron chi connectivity index (χ0n) is 11.7. The monoisotopic (exact) mass is 350 g/mol. The summed E-state index contributed by atoms with van der Waals surface area (Å²) in [4.78, 5) is 16.8. The maximum absolute atomic E-state index is 12.3. The number of hydrogen-bond donors (Lipinski definition) is 1. The van der Waals surface area contributed by atoms with Crippen molar-refractivity contribution in [1.29, 1.82) is 0 Å². The minimum atomic E-state index is -0.263. The van der Waals surface area contributed by atoms with Gasteiger partial charge in [0.25, 0.3) is 5.91 Å². The number of fused-ring (bicyclic) bond motifs is 1. The van der Waals surface area contributed by atoms with Crippen LogP contribution >= 0.6 is 34.5 Å². The zero-order chi connectivity index (χ0) is 15.7. The molecule has 6 heteroatoms. The van der Waals surface area contributed by atoms with Gasteiger partial charge in [0.15, 0.2) is 0 Å². The molecule has 0 spiro atoms. The minimum Gasteiger partial charge on any atom is -0.322 e. The highest BCUT2D eigenvalue weighted by molar-refractivity contribution is 7.18. The van der Waals surface area contributed by atoms with Gasteiger partial charge < -0.3 is 5.32 Å².